The van der Waals surface area contributed by atoms with Crippen molar-refractivity contribution >= 4 is 22.8 Å². The molecule has 6 heteroatoms. The predicted molar refractivity (Wildman–Crippen MR) is 115 cm³/mol. The average molecular weight is 385 g/mol. The molecule has 0 aliphatic heterocycles. The third-order valence-corrected chi connectivity index (χ3v) is 4.78. The largest absolute Gasteiger partial charge is 0.361 e. The Labute approximate surface area is 169 Å². The summed E-state index contributed by atoms with van der Waals surface area (Å²) in [6.45, 7) is 3.20. The molecule has 2 heterocycles. The molecule has 0 saturated heterocycles. The minimum Gasteiger partial charge on any atom is -0.361 e. The number of para-hydroxylation sites is 1. The highest BCUT2D eigenvalue weighted by molar-refractivity contribution is 5.92. The summed E-state index contributed by atoms with van der Waals surface area (Å²) in [4.78, 5) is 24.3. The lowest BCUT2D eigenvalue weighted by Crippen LogP contribution is -2.26. The zero-order chi connectivity index (χ0) is 20.1. The molecule has 6 nitrogen and oxygen atoms in total. The highest BCUT2D eigenvalue weighted by Gasteiger charge is 2.09. The number of H-pyrrole nitrogens is 1. The molecule has 1 amide bonds. The summed E-state index contributed by atoms with van der Waals surface area (Å²) in [7, 11) is 0. The Bertz CT molecular complexity index is 1130. The number of benzene rings is 2. The topological polar surface area (TPSA) is 82.7 Å². The molecule has 0 aliphatic carbocycles. The summed E-state index contributed by atoms with van der Waals surface area (Å²) < 4.78 is 0. The van der Waals surface area contributed by atoms with E-state index >= 15 is 0 Å². The Morgan fingerprint density at radius 2 is 2.00 bits per heavy atom. The lowest BCUT2D eigenvalue weighted by Gasteiger charge is -2.08. The fourth-order valence-electron chi connectivity index (χ4n) is 3.31. The van der Waals surface area contributed by atoms with E-state index in [9.17, 15) is 4.79 Å². The van der Waals surface area contributed by atoms with E-state index in [-0.39, 0.29) is 5.91 Å². The number of rotatable bonds is 7. The second-order valence-corrected chi connectivity index (χ2v) is 6.97. The van der Waals surface area contributed by atoms with Crippen LogP contribution in [0.25, 0.3) is 10.9 Å². The molecule has 0 fully saturated rings. The number of hydrogen-bond donors (Lipinski definition) is 3. The van der Waals surface area contributed by atoms with Crippen molar-refractivity contribution < 1.29 is 4.79 Å². The van der Waals surface area contributed by atoms with Crippen molar-refractivity contribution in [1.29, 1.82) is 0 Å². The summed E-state index contributed by atoms with van der Waals surface area (Å²) >= 11 is 0. The number of aromatic nitrogens is 3. The van der Waals surface area contributed by atoms with Crippen molar-refractivity contribution in [3.63, 3.8) is 0 Å². The molecular weight excluding hydrogens is 362 g/mol. The van der Waals surface area contributed by atoms with E-state index in [0.717, 1.165) is 17.5 Å². The minimum atomic E-state index is -0.203. The Morgan fingerprint density at radius 3 is 2.90 bits per heavy atom. The van der Waals surface area contributed by atoms with Crippen LogP contribution in [-0.4, -0.2) is 27.4 Å². The van der Waals surface area contributed by atoms with E-state index in [1.54, 1.807) is 12.3 Å². The van der Waals surface area contributed by atoms with Crippen LogP contribution in [-0.2, 0) is 13.0 Å². The molecular formula is C23H23N5O. The van der Waals surface area contributed by atoms with Crippen molar-refractivity contribution in [2.75, 3.05) is 11.9 Å². The number of nitrogens with zero attached hydrogens (tertiary/aromatic N) is 2. The first kappa shape index (κ1) is 18.7. The van der Waals surface area contributed by atoms with Gasteiger partial charge in [0, 0.05) is 36.4 Å². The first-order valence-electron chi connectivity index (χ1n) is 9.65. The van der Waals surface area contributed by atoms with Gasteiger partial charge in [-0.05, 0) is 36.6 Å². The highest BCUT2D eigenvalue weighted by Crippen LogP contribution is 2.17. The number of carbonyl (C=O) groups is 1. The van der Waals surface area contributed by atoms with Gasteiger partial charge in [-0.2, -0.15) is 0 Å². The maximum absolute atomic E-state index is 12.5. The van der Waals surface area contributed by atoms with Gasteiger partial charge >= 0.3 is 0 Å². The third kappa shape index (κ3) is 4.60. The summed E-state index contributed by atoms with van der Waals surface area (Å²) in [5.41, 5.74) is 4.99. The summed E-state index contributed by atoms with van der Waals surface area (Å²) in [5.74, 6) is 0.238. The van der Waals surface area contributed by atoms with Crippen LogP contribution >= 0.6 is 0 Å². The fourth-order valence-corrected chi connectivity index (χ4v) is 3.31. The van der Waals surface area contributed by atoms with Crippen LogP contribution in [0.2, 0.25) is 0 Å². The molecule has 0 spiro atoms. The first-order valence-corrected chi connectivity index (χ1v) is 9.65. The number of aromatic amines is 1. The molecule has 2 aromatic heterocycles. The van der Waals surface area contributed by atoms with Gasteiger partial charge in [0.15, 0.2) is 0 Å². The van der Waals surface area contributed by atoms with Gasteiger partial charge in [-0.3, -0.25) is 4.79 Å². The van der Waals surface area contributed by atoms with Gasteiger partial charge in [-0.1, -0.05) is 48.0 Å². The number of anilines is 1. The molecule has 0 saturated carbocycles. The van der Waals surface area contributed by atoms with Gasteiger partial charge in [-0.15, -0.1) is 0 Å². The maximum atomic E-state index is 12.5. The second-order valence-electron chi connectivity index (χ2n) is 6.97. The van der Waals surface area contributed by atoms with Gasteiger partial charge in [0.25, 0.3) is 5.91 Å². The van der Waals surface area contributed by atoms with E-state index < -0.39 is 0 Å². The smallest absolute Gasteiger partial charge is 0.270 e. The number of amides is 1. The van der Waals surface area contributed by atoms with Crippen LogP contribution in [0.1, 0.15) is 27.2 Å². The van der Waals surface area contributed by atoms with Crippen LogP contribution < -0.4 is 10.6 Å². The van der Waals surface area contributed by atoms with Crippen molar-refractivity contribution in [1.82, 2.24) is 20.3 Å². The molecule has 2 aromatic carbocycles. The summed E-state index contributed by atoms with van der Waals surface area (Å²) in [6, 6.07) is 18.0. The highest BCUT2D eigenvalue weighted by atomic mass is 16.1. The van der Waals surface area contributed by atoms with Crippen molar-refractivity contribution in [3.8, 4) is 0 Å². The molecule has 4 rings (SSSR count). The summed E-state index contributed by atoms with van der Waals surface area (Å²) in [6.07, 6.45) is 4.34. The normalized spacial score (nSPS) is 10.8. The SMILES string of the molecule is Cc1cccc(CNc2nccc(C(=O)NCCc3c[nH]c4ccccc34)n2)c1. The Kier molecular flexibility index (Phi) is 5.52. The fraction of sp³-hybridized carbons (Fsp3) is 0.174. The lowest BCUT2D eigenvalue weighted by atomic mass is 10.1. The zero-order valence-electron chi connectivity index (χ0n) is 16.3. The summed E-state index contributed by atoms with van der Waals surface area (Å²) in [5, 5.41) is 7.30. The molecule has 3 N–H and O–H groups in total. The molecule has 0 radical (unpaired) electrons. The average Bonchev–Trinajstić information content (AvgIpc) is 3.16. The van der Waals surface area contributed by atoms with Crippen molar-refractivity contribution in [2.45, 2.75) is 19.9 Å². The van der Waals surface area contributed by atoms with Crippen LogP contribution in [0.3, 0.4) is 0 Å². The van der Waals surface area contributed by atoms with Crippen LogP contribution in [0.15, 0.2) is 67.0 Å². The van der Waals surface area contributed by atoms with Crippen molar-refractivity contribution in [3.05, 3.63) is 89.4 Å². The van der Waals surface area contributed by atoms with Gasteiger partial charge in [0.1, 0.15) is 5.69 Å². The molecule has 0 unspecified atom stereocenters. The van der Waals surface area contributed by atoms with Gasteiger partial charge in [0.2, 0.25) is 5.95 Å². The van der Waals surface area contributed by atoms with E-state index in [2.05, 4.69) is 50.7 Å². The third-order valence-electron chi connectivity index (χ3n) is 4.78. The monoisotopic (exact) mass is 385 g/mol. The predicted octanol–water partition coefficient (Wildman–Crippen LogP) is 3.85. The van der Waals surface area contributed by atoms with E-state index in [1.165, 1.54) is 16.5 Å². The van der Waals surface area contributed by atoms with Gasteiger partial charge in [-0.25, -0.2) is 9.97 Å². The Balaban J connectivity index is 1.33. The number of hydrogen-bond acceptors (Lipinski definition) is 4. The van der Waals surface area contributed by atoms with E-state index in [0.29, 0.717) is 24.7 Å². The molecule has 0 bridgehead atoms. The van der Waals surface area contributed by atoms with Crippen LogP contribution in [0.4, 0.5) is 5.95 Å². The van der Waals surface area contributed by atoms with Gasteiger partial charge < -0.3 is 15.6 Å². The zero-order valence-corrected chi connectivity index (χ0v) is 16.3. The molecule has 0 atom stereocenters. The number of aryl methyl sites for hydroxylation is 1. The Morgan fingerprint density at radius 1 is 1.10 bits per heavy atom. The number of carbonyl (C=O) groups excluding carboxylic acids is 1. The lowest BCUT2D eigenvalue weighted by molar-refractivity contribution is 0.0949. The van der Waals surface area contributed by atoms with E-state index in [4.69, 9.17) is 0 Å². The maximum Gasteiger partial charge on any atom is 0.270 e. The molecule has 29 heavy (non-hydrogen) atoms. The Hall–Kier alpha value is -3.67. The van der Waals surface area contributed by atoms with Gasteiger partial charge in [0.05, 0.1) is 0 Å². The number of fused-ring (bicyclic) bond motifs is 1. The minimum absolute atomic E-state index is 0.203. The van der Waals surface area contributed by atoms with Crippen molar-refractivity contribution in [2.24, 2.45) is 0 Å². The second kappa shape index (κ2) is 8.56. The standard InChI is InChI=1S/C23H23N5O/c1-16-5-4-6-17(13-16)14-27-23-25-12-10-21(28-23)22(29)24-11-9-18-15-26-20-8-3-2-7-19(18)20/h2-8,10,12-13,15,26H,9,11,14H2,1H3,(H,24,29)(H,25,27,28). The first-order chi connectivity index (χ1) is 14.2. The number of nitrogens with one attached hydrogen (secondary N) is 3. The van der Waals surface area contributed by atoms with E-state index in [1.807, 2.05) is 36.5 Å². The van der Waals surface area contributed by atoms with Crippen LogP contribution in [0.5, 0.6) is 0 Å². The van der Waals surface area contributed by atoms with Crippen LogP contribution in [0, 0.1) is 6.92 Å². The molecule has 0 aliphatic rings. The molecule has 4 aromatic rings. The quantitative estimate of drug-likeness (QED) is 0.451. The molecule has 146 valence electrons.